The Morgan fingerprint density at radius 1 is 1.06 bits per heavy atom. The van der Waals surface area contributed by atoms with Gasteiger partial charge in [-0.1, -0.05) is 6.42 Å². The first-order valence-electron chi connectivity index (χ1n) is 5.98. The van der Waals surface area contributed by atoms with Gasteiger partial charge in [-0.3, -0.25) is 14.4 Å². The van der Waals surface area contributed by atoms with E-state index < -0.39 is 17.9 Å². The Morgan fingerprint density at radius 3 is 1.82 bits per heavy atom. The third kappa shape index (κ3) is 3.28. The van der Waals surface area contributed by atoms with Gasteiger partial charge in [0.1, 0.15) is 0 Å². The third-order valence-electron chi connectivity index (χ3n) is 2.84. The third-order valence-corrected chi connectivity index (χ3v) is 2.84. The minimum absolute atomic E-state index is 0.146. The van der Waals surface area contributed by atoms with Crippen molar-refractivity contribution in [2.75, 3.05) is 13.2 Å². The lowest BCUT2D eigenvalue weighted by Crippen LogP contribution is -2.40. The number of carbonyl (C=O) groups excluding carboxylic acids is 3. The first-order valence-corrected chi connectivity index (χ1v) is 5.98. The lowest BCUT2D eigenvalue weighted by atomic mass is 9.78. The molecule has 0 spiro atoms. The Labute approximate surface area is 100 Å². The average molecular weight is 242 g/mol. The van der Waals surface area contributed by atoms with Crippen molar-refractivity contribution in [3.05, 3.63) is 0 Å². The van der Waals surface area contributed by atoms with E-state index in [4.69, 9.17) is 9.47 Å². The van der Waals surface area contributed by atoms with Crippen molar-refractivity contribution >= 4 is 17.7 Å². The van der Waals surface area contributed by atoms with E-state index in [9.17, 15) is 14.4 Å². The van der Waals surface area contributed by atoms with Gasteiger partial charge in [0.2, 0.25) is 5.92 Å². The highest BCUT2D eigenvalue weighted by atomic mass is 16.6. The van der Waals surface area contributed by atoms with Gasteiger partial charge >= 0.3 is 11.9 Å². The van der Waals surface area contributed by atoms with Crippen molar-refractivity contribution in [3.8, 4) is 0 Å². The van der Waals surface area contributed by atoms with Crippen LogP contribution in [0.25, 0.3) is 0 Å². The van der Waals surface area contributed by atoms with Crippen molar-refractivity contribution in [1.82, 2.24) is 0 Å². The van der Waals surface area contributed by atoms with Crippen LogP contribution in [0.2, 0.25) is 0 Å². The molecule has 0 aromatic heterocycles. The molecule has 0 amide bonds. The zero-order valence-electron chi connectivity index (χ0n) is 10.2. The number of carbonyl (C=O) groups is 3. The summed E-state index contributed by atoms with van der Waals surface area (Å²) < 4.78 is 9.50. The van der Waals surface area contributed by atoms with E-state index in [0.717, 1.165) is 19.3 Å². The van der Waals surface area contributed by atoms with Crippen LogP contribution in [0, 0.1) is 11.8 Å². The van der Waals surface area contributed by atoms with Crippen molar-refractivity contribution in [2.24, 2.45) is 11.8 Å². The molecule has 0 radical (unpaired) electrons. The fourth-order valence-electron chi connectivity index (χ4n) is 1.71. The van der Waals surface area contributed by atoms with Crippen molar-refractivity contribution in [1.29, 1.82) is 0 Å². The van der Waals surface area contributed by atoms with Gasteiger partial charge in [0.05, 0.1) is 13.2 Å². The number of esters is 2. The first kappa shape index (κ1) is 13.7. The smallest absolute Gasteiger partial charge is 0.328 e. The van der Waals surface area contributed by atoms with Crippen LogP contribution < -0.4 is 0 Å². The molecule has 5 nitrogen and oxygen atoms in total. The van der Waals surface area contributed by atoms with Gasteiger partial charge in [0.25, 0.3) is 0 Å². The molecule has 0 bridgehead atoms. The van der Waals surface area contributed by atoms with Crippen LogP contribution in [0.15, 0.2) is 0 Å². The van der Waals surface area contributed by atoms with Gasteiger partial charge < -0.3 is 9.47 Å². The van der Waals surface area contributed by atoms with Gasteiger partial charge in [-0.05, 0) is 26.7 Å². The highest BCUT2D eigenvalue weighted by Gasteiger charge is 2.42. The molecule has 0 saturated heterocycles. The van der Waals surface area contributed by atoms with Gasteiger partial charge in [0, 0.05) is 5.92 Å². The van der Waals surface area contributed by atoms with E-state index in [1.165, 1.54) is 0 Å². The molecule has 0 atom stereocenters. The van der Waals surface area contributed by atoms with Crippen LogP contribution in [0.4, 0.5) is 0 Å². The number of hydrogen-bond acceptors (Lipinski definition) is 5. The van der Waals surface area contributed by atoms with Crippen molar-refractivity contribution < 1.29 is 23.9 Å². The molecule has 1 fully saturated rings. The van der Waals surface area contributed by atoms with Crippen LogP contribution in [-0.2, 0) is 23.9 Å². The maximum Gasteiger partial charge on any atom is 0.328 e. The number of rotatable bonds is 6. The van der Waals surface area contributed by atoms with Crippen molar-refractivity contribution in [3.63, 3.8) is 0 Å². The fourth-order valence-corrected chi connectivity index (χ4v) is 1.71. The summed E-state index contributed by atoms with van der Waals surface area (Å²) in [6.45, 7) is 3.56. The first-order chi connectivity index (χ1) is 8.11. The summed E-state index contributed by atoms with van der Waals surface area (Å²) >= 11 is 0. The Hall–Kier alpha value is -1.39. The van der Waals surface area contributed by atoms with Crippen molar-refractivity contribution in [2.45, 2.75) is 33.1 Å². The van der Waals surface area contributed by atoms with Crippen LogP contribution in [0.1, 0.15) is 33.1 Å². The van der Waals surface area contributed by atoms with Gasteiger partial charge in [-0.2, -0.15) is 0 Å². The normalized spacial score (nSPS) is 15.2. The zero-order valence-corrected chi connectivity index (χ0v) is 10.2. The minimum Gasteiger partial charge on any atom is -0.465 e. The molecule has 0 aromatic carbocycles. The molecule has 5 heteroatoms. The topological polar surface area (TPSA) is 69.7 Å². The monoisotopic (exact) mass is 242 g/mol. The summed E-state index contributed by atoms with van der Waals surface area (Å²) in [6, 6.07) is 0. The lowest BCUT2D eigenvalue weighted by Gasteiger charge is -2.26. The van der Waals surface area contributed by atoms with Gasteiger partial charge in [-0.15, -0.1) is 0 Å². The lowest BCUT2D eigenvalue weighted by molar-refractivity contribution is -0.165. The van der Waals surface area contributed by atoms with Crippen LogP contribution in [-0.4, -0.2) is 30.9 Å². The summed E-state index contributed by atoms with van der Waals surface area (Å²) in [5.74, 6) is -3.51. The molecule has 0 N–H and O–H groups in total. The summed E-state index contributed by atoms with van der Waals surface area (Å²) in [7, 11) is 0. The Balaban J connectivity index is 2.73. The number of ether oxygens (including phenoxy) is 2. The average Bonchev–Trinajstić information content (AvgIpc) is 2.15. The predicted octanol–water partition coefficient (Wildman–Crippen LogP) is 1.10. The number of hydrogen-bond donors (Lipinski definition) is 0. The largest absolute Gasteiger partial charge is 0.465 e. The standard InChI is InChI=1S/C12H18O5/c1-3-16-11(14)9(12(15)17-4-2)10(13)8-6-5-7-8/h8-9H,3-7H2,1-2H3. The zero-order chi connectivity index (χ0) is 12.8. The van der Waals surface area contributed by atoms with Crippen LogP contribution in [0.3, 0.4) is 0 Å². The minimum atomic E-state index is -1.39. The van der Waals surface area contributed by atoms with Crippen LogP contribution in [0.5, 0.6) is 0 Å². The second kappa shape index (κ2) is 6.37. The number of Topliss-reactive ketones (excluding diaryl/α,β-unsaturated/α-hetero) is 1. The summed E-state index contributed by atoms with van der Waals surface area (Å²) in [4.78, 5) is 35.2. The number of ketones is 1. The SMILES string of the molecule is CCOC(=O)C(C(=O)OCC)C(=O)C1CCC1. The predicted molar refractivity (Wildman–Crippen MR) is 59.1 cm³/mol. The molecule has 1 rings (SSSR count). The second-order valence-electron chi connectivity index (χ2n) is 3.97. The van der Waals surface area contributed by atoms with Gasteiger partial charge in [-0.25, -0.2) is 0 Å². The summed E-state index contributed by atoms with van der Waals surface area (Å²) in [5, 5.41) is 0. The molecule has 0 aromatic rings. The molecular weight excluding hydrogens is 224 g/mol. The summed E-state index contributed by atoms with van der Waals surface area (Å²) in [6.07, 6.45) is 2.46. The fraction of sp³-hybridized carbons (Fsp3) is 0.750. The van der Waals surface area contributed by atoms with E-state index in [-0.39, 0.29) is 24.9 Å². The Bertz CT molecular complexity index is 288. The second-order valence-corrected chi connectivity index (χ2v) is 3.97. The van der Waals surface area contributed by atoms with E-state index in [1.807, 2.05) is 0 Å². The Morgan fingerprint density at radius 2 is 1.53 bits per heavy atom. The summed E-state index contributed by atoms with van der Waals surface area (Å²) in [5.41, 5.74) is 0. The highest BCUT2D eigenvalue weighted by Crippen LogP contribution is 2.30. The molecule has 0 unspecified atom stereocenters. The molecular formula is C12H18O5. The molecule has 1 saturated carbocycles. The molecule has 1 aliphatic rings. The Kier molecular flexibility index (Phi) is 5.12. The molecule has 0 heterocycles. The van der Waals surface area contributed by atoms with Gasteiger partial charge in [0.15, 0.2) is 5.78 Å². The maximum atomic E-state index is 12.0. The highest BCUT2D eigenvalue weighted by molar-refractivity contribution is 6.15. The van der Waals surface area contributed by atoms with E-state index >= 15 is 0 Å². The van der Waals surface area contributed by atoms with E-state index in [0.29, 0.717) is 0 Å². The van der Waals surface area contributed by atoms with Crippen LogP contribution >= 0.6 is 0 Å². The van der Waals surface area contributed by atoms with E-state index in [2.05, 4.69) is 0 Å². The molecule has 96 valence electrons. The molecule has 0 aliphatic heterocycles. The van der Waals surface area contributed by atoms with E-state index in [1.54, 1.807) is 13.8 Å². The maximum absolute atomic E-state index is 12.0. The quantitative estimate of drug-likeness (QED) is 0.515. The molecule has 17 heavy (non-hydrogen) atoms. The molecule has 1 aliphatic carbocycles.